The summed E-state index contributed by atoms with van der Waals surface area (Å²) in [5.41, 5.74) is 1.17. The van der Waals surface area contributed by atoms with Crippen molar-refractivity contribution in [3.05, 3.63) is 40.6 Å². The van der Waals surface area contributed by atoms with Gasteiger partial charge in [0.25, 0.3) is 11.8 Å². The number of thiophene rings is 1. The molecule has 0 aliphatic carbocycles. The number of hydrogen-bond acceptors (Lipinski definition) is 5. The predicted molar refractivity (Wildman–Crippen MR) is 102 cm³/mol. The average Bonchev–Trinajstić information content (AvgIpc) is 3.22. The van der Waals surface area contributed by atoms with E-state index < -0.39 is 0 Å². The summed E-state index contributed by atoms with van der Waals surface area (Å²) in [4.78, 5) is 38.9. The Labute approximate surface area is 160 Å². The molecule has 0 atom stereocenters. The first-order chi connectivity index (χ1) is 13.1. The number of benzene rings is 1. The van der Waals surface area contributed by atoms with Gasteiger partial charge in [0.2, 0.25) is 5.91 Å². The van der Waals surface area contributed by atoms with Crippen molar-refractivity contribution in [3.8, 4) is 5.75 Å². The van der Waals surface area contributed by atoms with Gasteiger partial charge in [0.1, 0.15) is 5.75 Å². The molecule has 1 aromatic carbocycles. The maximum atomic E-state index is 12.6. The molecule has 0 saturated carbocycles. The summed E-state index contributed by atoms with van der Waals surface area (Å²) in [5, 5.41) is 7.52. The molecule has 2 aliphatic heterocycles. The SMILES string of the molecule is O=C1COc2ccc(NC(=O)C3CCN(C(=O)c4cccs4)CC3)cc2N1. The molecule has 0 radical (unpaired) electrons. The molecule has 3 heterocycles. The van der Waals surface area contributed by atoms with E-state index in [9.17, 15) is 14.4 Å². The quantitative estimate of drug-likeness (QED) is 0.850. The molecular formula is C19H19N3O4S. The molecule has 4 rings (SSSR count). The first-order valence-corrected chi connectivity index (χ1v) is 9.68. The Hall–Kier alpha value is -2.87. The molecule has 2 aliphatic rings. The summed E-state index contributed by atoms with van der Waals surface area (Å²) >= 11 is 1.43. The van der Waals surface area contributed by atoms with Crippen LogP contribution in [0.5, 0.6) is 5.75 Å². The number of rotatable bonds is 3. The van der Waals surface area contributed by atoms with Crippen LogP contribution in [0.15, 0.2) is 35.7 Å². The van der Waals surface area contributed by atoms with E-state index in [1.54, 1.807) is 23.1 Å². The molecule has 1 aromatic heterocycles. The molecule has 1 saturated heterocycles. The maximum Gasteiger partial charge on any atom is 0.263 e. The molecule has 2 N–H and O–H groups in total. The lowest BCUT2D eigenvalue weighted by Crippen LogP contribution is -2.41. The number of anilines is 2. The summed E-state index contributed by atoms with van der Waals surface area (Å²) in [6, 6.07) is 8.87. The summed E-state index contributed by atoms with van der Waals surface area (Å²) in [6.45, 7) is 1.15. The highest BCUT2D eigenvalue weighted by Gasteiger charge is 2.28. The molecule has 7 nitrogen and oxygen atoms in total. The fraction of sp³-hybridized carbons (Fsp3) is 0.316. The fourth-order valence-electron chi connectivity index (χ4n) is 3.31. The van der Waals surface area contributed by atoms with E-state index in [-0.39, 0.29) is 30.2 Å². The highest BCUT2D eigenvalue weighted by Crippen LogP contribution is 2.31. The molecule has 8 heteroatoms. The van der Waals surface area contributed by atoms with Crippen molar-refractivity contribution < 1.29 is 19.1 Å². The van der Waals surface area contributed by atoms with E-state index in [1.807, 2.05) is 17.5 Å². The number of nitrogens with one attached hydrogen (secondary N) is 2. The molecule has 3 amide bonds. The van der Waals surface area contributed by atoms with Crippen molar-refractivity contribution in [1.82, 2.24) is 4.90 Å². The zero-order valence-electron chi connectivity index (χ0n) is 14.6. The Bertz CT molecular complexity index is 873. The average molecular weight is 385 g/mol. The molecular weight excluding hydrogens is 366 g/mol. The van der Waals surface area contributed by atoms with Crippen molar-refractivity contribution in [2.75, 3.05) is 30.3 Å². The van der Waals surface area contributed by atoms with Crippen molar-refractivity contribution in [1.29, 1.82) is 0 Å². The van der Waals surface area contributed by atoms with Crippen LogP contribution >= 0.6 is 11.3 Å². The molecule has 1 fully saturated rings. The number of ether oxygens (including phenoxy) is 1. The van der Waals surface area contributed by atoms with Crippen LogP contribution in [0.1, 0.15) is 22.5 Å². The minimum absolute atomic E-state index is 0.00146. The minimum atomic E-state index is -0.214. The van der Waals surface area contributed by atoms with Crippen LogP contribution in [0.4, 0.5) is 11.4 Å². The van der Waals surface area contributed by atoms with Gasteiger partial charge in [-0.1, -0.05) is 6.07 Å². The number of amides is 3. The Balaban J connectivity index is 1.34. The summed E-state index contributed by atoms with van der Waals surface area (Å²) in [5.74, 6) is 0.205. The predicted octanol–water partition coefficient (Wildman–Crippen LogP) is 2.57. The van der Waals surface area contributed by atoms with Gasteiger partial charge < -0.3 is 20.3 Å². The molecule has 0 unspecified atom stereocenters. The Morgan fingerprint density at radius 3 is 2.78 bits per heavy atom. The third-order valence-electron chi connectivity index (χ3n) is 4.76. The van der Waals surface area contributed by atoms with Crippen molar-refractivity contribution >= 4 is 40.4 Å². The zero-order chi connectivity index (χ0) is 18.8. The Morgan fingerprint density at radius 2 is 2.04 bits per heavy atom. The summed E-state index contributed by atoms with van der Waals surface area (Å²) < 4.78 is 5.32. The second kappa shape index (κ2) is 7.40. The van der Waals surface area contributed by atoms with Gasteiger partial charge in [0, 0.05) is 24.7 Å². The van der Waals surface area contributed by atoms with Gasteiger partial charge in [-0.3, -0.25) is 14.4 Å². The summed E-state index contributed by atoms with van der Waals surface area (Å²) in [6.07, 6.45) is 1.27. The van der Waals surface area contributed by atoms with E-state index >= 15 is 0 Å². The molecule has 0 bridgehead atoms. The molecule has 140 valence electrons. The maximum absolute atomic E-state index is 12.6. The number of carbonyl (C=O) groups excluding carboxylic acids is 3. The van der Waals surface area contributed by atoms with Gasteiger partial charge in [-0.25, -0.2) is 0 Å². The number of fused-ring (bicyclic) bond motifs is 1. The first-order valence-electron chi connectivity index (χ1n) is 8.80. The highest BCUT2D eigenvalue weighted by atomic mass is 32.1. The first kappa shape index (κ1) is 17.5. The van der Waals surface area contributed by atoms with Crippen molar-refractivity contribution in [2.24, 2.45) is 5.92 Å². The van der Waals surface area contributed by atoms with Gasteiger partial charge in [0.05, 0.1) is 10.6 Å². The number of piperidine rings is 1. The third kappa shape index (κ3) is 3.80. The normalized spacial score (nSPS) is 16.9. The van der Waals surface area contributed by atoms with E-state index in [0.717, 1.165) is 4.88 Å². The van der Waals surface area contributed by atoms with Crippen LogP contribution in [-0.4, -0.2) is 42.3 Å². The van der Waals surface area contributed by atoms with Gasteiger partial charge >= 0.3 is 0 Å². The third-order valence-corrected chi connectivity index (χ3v) is 5.62. The number of carbonyl (C=O) groups is 3. The van der Waals surface area contributed by atoms with Crippen LogP contribution in [-0.2, 0) is 9.59 Å². The Kier molecular flexibility index (Phi) is 4.81. The minimum Gasteiger partial charge on any atom is -0.482 e. The fourth-order valence-corrected chi connectivity index (χ4v) is 4.00. The lowest BCUT2D eigenvalue weighted by molar-refractivity contribution is -0.121. The van der Waals surface area contributed by atoms with Crippen LogP contribution < -0.4 is 15.4 Å². The summed E-state index contributed by atoms with van der Waals surface area (Å²) in [7, 11) is 0. The van der Waals surface area contributed by atoms with Crippen molar-refractivity contribution in [2.45, 2.75) is 12.8 Å². The zero-order valence-corrected chi connectivity index (χ0v) is 15.4. The van der Waals surface area contributed by atoms with E-state index in [4.69, 9.17) is 4.74 Å². The monoisotopic (exact) mass is 385 g/mol. The van der Waals surface area contributed by atoms with E-state index in [0.29, 0.717) is 43.1 Å². The highest BCUT2D eigenvalue weighted by molar-refractivity contribution is 7.12. The second-order valence-corrected chi connectivity index (χ2v) is 7.53. The standard InChI is InChI=1S/C19H19N3O4S/c23-17-11-26-15-4-3-13(10-14(15)21-17)20-18(24)12-5-7-22(8-6-12)19(25)16-2-1-9-27-16/h1-4,9-10,12H,5-8,11H2,(H,20,24)(H,21,23). The van der Waals surface area contributed by atoms with E-state index in [2.05, 4.69) is 10.6 Å². The van der Waals surface area contributed by atoms with E-state index in [1.165, 1.54) is 11.3 Å². The van der Waals surface area contributed by atoms with Crippen molar-refractivity contribution in [3.63, 3.8) is 0 Å². The van der Waals surface area contributed by atoms with Crippen LogP contribution in [0.25, 0.3) is 0 Å². The van der Waals surface area contributed by atoms with Crippen LogP contribution in [0.2, 0.25) is 0 Å². The molecule has 2 aromatic rings. The molecule has 0 spiro atoms. The molecule has 27 heavy (non-hydrogen) atoms. The topological polar surface area (TPSA) is 87.7 Å². The Morgan fingerprint density at radius 1 is 1.22 bits per heavy atom. The van der Waals surface area contributed by atoms with Gasteiger partial charge in [-0.05, 0) is 42.5 Å². The number of nitrogens with zero attached hydrogens (tertiary/aromatic N) is 1. The second-order valence-electron chi connectivity index (χ2n) is 6.58. The van der Waals surface area contributed by atoms with Gasteiger partial charge in [-0.15, -0.1) is 11.3 Å². The lowest BCUT2D eigenvalue weighted by Gasteiger charge is -2.31. The largest absolute Gasteiger partial charge is 0.482 e. The lowest BCUT2D eigenvalue weighted by atomic mass is 9.95. The van der Waals surface area contributed by atoms with Crippen LogP contribution in [0.3, 0.4) is 0 Å². The van der Waals surface area contributed by atoms with Gasteiger partial charge in [0.15, 0.2) is 6.61 Å². The van der Waals surface area contributed by atoms with Crippen LogP contribution in [0, 0.1) is 5.92 Å². The number of hydrogen-bond donors (Lipinski definition) is 2. The van der Waals surface area contributed by atoms with Gasteiger partial charge in [-0.2, -0.15) is 0 Å². The number of likely N-dealkylation sites (tertiary alicyclic amines) is 1. The smallest absolute Gasteiger partial charge is 0.263 e.